The van der Waals surface area contributed by atoms with Gasteiger partial charge in [-0.15, -0.1) is 0 Å². The Labute approximate surface area is 281 Å². The minimum absolute atomic E-state index is 0.0288. The third-order valence-corrected chi connectivity index (χ3v) is 8.12. The van der Waals surface area contributed by atoms with Gasteiger partial charge in [-0.05, 0) is 72.0 Å². The van der Waals surface area contributed by atoms with Crippen LogP contribution in [0.2, 0.25) is 0 Å². The molecule has 4 aromatic carbocycles. The molecule has 0 saturated heterocycles. The lowest BCUT2D eigenvalue weighted by molar-refractivity contribution is -0.117. The minimum Gasteiger partial charge on any atom is -0.489 e. The summed E-state index contributed by atoms with van der Waals surface area (Å²) in [5.41, 5.74) is 4.66. The van der Waals surface area contributed by atoms with E-state index in [1.165, 1.54) is 0 Å². The van der Waals surface area contributed by atoms with Crippen LogP contribution in [-0.4, -0.2) is 23.6 Å². The van der Waals surface area contributed by atoms with Crippen LogP contribution in [0.5, 0.6) is 5.75 Å². The molecule has 9 nitrogen and oxygen atoms in total. The zero-order chi connectivity index (χ0) is 33.6. The number of hydrogen-bond donors (Lipinski definition) is 4. The minimum atomic E-state index is -0.354. The molecule has 0 unspecified atom stereocenters. The average molecular weight is 647 g/mol. The monoisotopic (exact) mass is 646 g/mol. The van der Waals surface area contributed by atoms with E-state index in [0.29, 0.717) is 41.1 Å². The predicted octanol–water partition coefficient (Wildman–Crippen LogP) is 7.14. The van der Waals surface area contributed by atoms with Crippen LogP contribution < -0.4 is 26.0 Å². The van der Waals surface area contributed by atoms with E-state index in [0.717, 1.165) is 55.2 Å². The highest BCUT2D eigenvalue weighted by atomic mass is 16.5. The van der Waals surface area contributed by atoms with Gasteiger partial charge in [-0.3, -0.25) is 19.2 Å². The molecule has 0 radical (unpaired) electrons. The van der Waals surface area contributed by atoms with E-state index in [-0.39, 0.29) is 43.3 Å². The fraction of sp³-hybridized carbons (Fsp3) is 0.282. The van der Waals surface area contributed by atoms with E-state index in [4.69, 9.17) is 4.74 Å². The number of nitrogens with one attached hydrogen (secondary N) is 4. The van der Waals surface area contributed by atoms with Crippen LogP contribution in [0.1, 0.15) is 88.8 Å². The molecule has 4 aliphatic heterocycles. The summed E-state index contributed by atoms with van der Waals surface area (Å²) in [5, 5.41) is 11.7. The second-order valence-corrected chi connectivity index (χ2v) is 12.0. The Morgan fingerprint density at radius 2 is 0.979 bits per heavy atom. The lowest BCUT2D eigenvalue weighted by Crippen LogP contribution is -2.25. The van der Waals surface area contributed by atoms with Crippen molar-refractivity contribution in [3.05, 3.63) is 125 Å². The molecule has 0 atom stereocenters. The predicted molar refractivity (Wildman–Crippen MR) is 187 cm³/mol. The smallest absolute Gasteiger partial charge is 0.251 e. The number of anilines is 2. The Balaban J connectivity index is 1.31. The highest BCUT2D eigenvalue weighted by Gasteiger charge is 2.15. The van der Waals surface area contributed by atoms with E-state index >= 15 is 0 Å². The second kappa shape index (κ2) is 17.5. The first-order valence-corrected chi connectivity index (χ1v) is 16.6. The molecule has 4 aromatic rings. The van der Waals surface area contributed by atoms with Crippen LogP contribution >= 0.6 is 0 Å². The van der Waals surface area contributed by atoms with Gasteiger partial charge in [0.25, 0.3) is 11.8 Å². The highest BCUT2D eigenvalue weighted by molar-refractivity contribution is 6.00. The van der Waals surface area contributed by atoms with Crippen molar-refractivity contribution in [3.8, 4) is 5.75 Å². The van der Waals surface area contributed by atoms with E-state index < -0.39 is 0 Å². The molecule has 4 N–H and O–H groups in total. The van der Waals surface area contributed by atoms with Crippen molar-refractivity contribution >= 4 is 35.0 Å². The molecule has 0 spiro atoms. The molecule has 6 bridgehead atoms. The fourth-order valence-corrected chi connectivity index (χ4v) is 5.39. The molecule has 9 heteroatoms. The molecule has 8 rings (SSSR count). The Morgan fingerprint density at radius 3 is 1.46 bits per heavy atom. The largest absolute Gasteiger partial charge is 0.489 e. The van der Waals surface area contributed by atoms with Gasteiger partial charge < -0.3 is 26.0 Å². The lowest BCUT2D eigenvalue weighted by Gasteiger charge is -2.13. The molecule has 248 valence electrons. The Morgan fingerprint density at radius 1 is 0.521 bits per heavy atom. The molecule has 4 heterocycles. The number of benzene rings is 4. The van der Waals surface area contributed by atoms with Crippen molar-refractivity contribution in [2.45, 2.75) is 71.1 Å². The molecule has 48 heavy (non-hydrogen) atoms. The standard InChI is InChI=1S/C39H42N4O5/c44-36-12-8-3-1-2-4-9-13-37(45)43-34-20-16-29(17-21-34)26-41-39(47)32-22-31(23-35(24-32)48-27-30-10-6-5-7-11-30)38(46)40-25-28-14-18-33(42-36)19-15-28/h5-7,10-11,14-24H,1-4,8-9,12-13,25-27H2,(H,40,46)(H,41,47)(H,42,44)(H,43,45). The van der Waals surface area contributed by atoms with E-state index in [2.05, 4.69) is 21.3 Å². The van der Waals surface area contributed by atoms with Gasteiger partial charge in [0, 0.05) is 48.4 Å². The molecule has 4 amide bonds. The number of rotatable bonds is 3. The summed E-state index contributed by atoms with van der Waals surface area (Å²) in [6.45, 7) is 0.805. The van der Waals surface area contributed by atoms with Crippen LogP contribution in [0.15, 0.2) is 97.1 Å². The molecular weight excluding hydrogens is 604 g/mol. The summed E-state index contributed by atoms with van der Waals surface area (Å²) < 4.78 is 6.01. The van der Waals surface area contributed by atoms with Crippen molar-refractivity contribution in [1.29, 1.82) is 0 Å². The number of amides is 4. The topological polar surface area (TPSA) is 126 Å². The van der Waals surface area contributed by atoms with Crippen molar-refractivity contribution < 1.29 is 23.9 Å². The van der Waals surface area contributed by atoms with E-state index in [1.54, 1.807) is 18.2 Å². The molecular formula is C39H42N4O5. The summed E-state index contributed by atoms with van der Waals surface area (Å²) in [4.78, 5) is 51.5. The first kappa shape index (κ1) is 33.9. The average Bonchev–Trinajstić information content (AvgIpc) is 3.11. The van der Waals surface area contributed by atoms with Crippen LogP contribution in [0.25, 0.3) is 0 Å². The van der Waals surface area contributed by atoms with E-state index in [9.17, 15) is 19.2 Å². The first-order valence-electron chi connectivity index (χ1n) is 16.6. The quantitative estimate of drug-likeness (QED) is 0.188. The maximum absolute atomic E-state index is 13.3. The lowest BCUT2D eigenvalue weighted by atomic mass is 10.1. The van der Waals surface area contributed by atoms with Gasteiger partial charge in [0.1, 0.15) is 12.4 Å². The Kier molecular flexibility index (Phi) is 12.3. The maximum atomic E-state index is 13.3. The van der Waals surface area contributed by atoms with Crippen LogP contribution in [0, 0.1) is 0 Å². The molecule has 0 fully saturated rings. The summed E-state index contributed by atoms with van der Waals surface area (Å²) in [6.07, 6.45) is 6.52. The van der Waals surface area contributed by atoms with Gasteiger partial charge in [-0.2, -0.15) is 0 Å². The normalized spacial score (nSPS) is 15.6. The summed E-state index contributed by atoms with van der Waals surface area (Å²) in [6, 6.07) is 29.2. The van der Waals surface area contributed by atoms with Crippen LogP contribution in [0.3, 0.4) is 0 Å². The second-order valence-electron chi connectivity index (χ2n) is 12.0. The van der Waals surface area contributed by atoms with Gasteiger partial charge in [-0.1, -0.05) is 80.3 Å². The number of hydrogen-bond acceptors (Lipinski definition) is 5. The Hall–Kier alpha value is -5.44. The summed E-state index contributed by atoms with van der Waals surface area (Å²) >= 11 is 0. The highest BCUT2D eigenvalue weighted by Crippen LogP contribution is 2.21. The van der Waals surface area contributed by atoms with Gasteiger partial charge in [0.05, 0.1) is 0 Å². The molecule has 0 aromatic heterocycles. The van der Waals surface area contributed by atoms with Crippen molar-refractivity contribution in [1.82, 2.24) is 10.6 Å². The van der Waals surface area contributed by atoms with Crippen LogP contribution in [0.4, 0.5) is 11.4 Å². The van der Waals surface area contributed by atoms with Crippen molar-refractivity contribution in [2.75, 3.05) is 10.6 Å². The third-order valence-electron chi connectivity index (χ3n) is 8.12. The SMILES string of the molecule is O=C1CCCCCCCCC(=O)Nc2ccc(cc2)CNC(=O)c2cc(OCc3ccccc3)cc(c2)C(=O)NCc2ccc(cc2)N1. The summed E-state index contributed by atoms with van der Waals surface area (Å²) in [7, 11) is 0. The summed E-state index contributed by atoms with van der Waals surface area (Å²) in [5.74, 6) is -0.369. The molecule has 0 aliphatic carbocycles. The fourth-order valence-electron chi connectivity index (χ4n) is 5.39. The molecule has 4 aliphatic rings. The zero-order valence-corrected chi connectivity index (χ0v) is 27.1. The maximum Gasteiger partial charge on any atom is 0.251 e. The van der Waals surface area contributed by atoms with Crippen molar-refractivity contribution in [2.24, 2.45) is 0 Å². The van der Waals surface area contributed by atoms with E-state index in [1.807, 2.05) is 78.9 Å². The van der Waals surface area contributed by atoms with Crippen molar-refractivity contribution in [3.63, 3.8) is 0 Å². The van der Waals surface area contributed by atoms with Gasteiger partial charge in [0.2, 0.25) is 11.8 Å². The number of ether oxygens (including phenoxy) is 1. The van der Waals surface area contributed by atoms with Gasteiger partial charge in [-0.25, -0.2) is 0 Å². The van der Waals surface area contributed by atoms with Gasteiger partial charge >= 0.3 is 0 Å². The molecule has 0 saturated carbocycles. The number of carbonyl (C=O) groups is 4. The van der Waals surface area contributed by atoms with Gasteiger partial charge in [0.15, 0.2) is 0 Å². The first-order chi connectivity index (χ1) is 23.4. The van der Waals surface area contributed by atoms with Crippen LogP contribution in [-0.2, 0) is 29.3 Å². The number of carbonyl (C=O) groups excluding carboxylic acids is 4. The zero-order valence-electron chi connectivity index (χ0n) is 27.1. The third kappa shape index (κ3) is 10.8. The Bertz CT molecular complexity index is 1590.